The minimum atomic E-state index is 0.602. The minimum absolute atomic E-state index is 0.602. The summed E-state index contributed by atoms with van der Waals surface area (Å²) in [5.41, 5.74) is 3.16. The van der Waals surface area contributed by atoms with E-state index in [4.69, 9.17) is 5.84 Å². The zero-order valence-corrected chi connectivity index (χ0v) is 11.6. The molecule has 0 aromatic heterocycles. The van der Waals surface area contributed by atoms with Crippen LogP contribution >= 0.6 is 0 Å². The summed E-state index contributed by atoms with van der Waals surface area (Å²) in [6.45, 7) is 4.75. The summed E-state index contributed by atoms with van der Waals surface area (Å²) in [6, 6.07) is 0.602. The van der Waals surface area contributed by atoms with Crippen LogP contribution in [0.1, 0.15) is 65.2 Å². The Morgan fingerprint density at radius 3 is 1.76 bits per heavy atom. The molecule has 0 saturated heterocycles. The van der Waals surface area contributed by atoms with Crippen LogP contribution in [0.4, 0.5) is 0 Å². The van der Waals surface area contributed by atoms with E-state index in [2.05, 4.69) is 19.3 Å². The number of nitrogens with one attached hydrogen (secondary N) is 1. The van der Waals surface area contributed by atoms with Gasteiger partial charge in [0.15, 0.2) is 0 Å². The van der Waals surface area contributed by atoms with E-state index in [1.807, 2.05) is 0 Å². The molecule has 1 atom stereocenters. The van der Waals surface area contributed by atoms with Crippen molar-refractivity contribution in [1.29, 1.82) is 0 Å². The van der Waals surface area contributed by atoms with Gasteiger partial charge in [0.2, 0.25) is 0 Å². The van der Waals surface area contributed by atoms with Crippen molar-refractivity contribution in [2.75, 3.05) is 0 Å². The Kier molecular flexibility index (Phi) is 4.87. The topological polar surface area (TPSA) is 38.0 Å². The van der Waals surface area contributed by atoms with Crippen molar-refractivity contribution in [3.05, 3.63) is 0 Å². The van der Waals surface area contributed by atoms with Crippen LogP contribution in [-0.2, 0) is 0 Å². The molecule has 0 aromatic carbocycles. The first-order valence-electron chi connectivity index (χ1n) is 7.68. The van der Waals surface area contributed by atoms with Gasteiger partial charge in [-0.1, -0.05) is 26.7 Å². The van der Waals surface area contributed by atoms with Crippen LogP contribution in [-0.4, -0.2) is 6.04 Å². The Labute approximate surface area is 107 Å². The van der Waals surface area contributed by atoms with Gasteiger partial charge < -0.3 is 0 Å². The first kappa shape index (κ1) is 13.4. The molecule has 2 aliphatic carbocycles. The molecule has 100 valence electrons. The lowest BCUT2D eigenvalue weighted by Gasteiger charge is -2.37. The molecule has 0 radical (unpaired) electrons. The molecule has 0 amide bonds. The van der Waals surface area contributed by atoms with Gasteiger partial charge >= 0.3 is 0 Å². The predicted molar refractivity (Wildman–Crippen MR) is 73.4 cm³/mol. The monoisotopic (exact) mass is 238 g/mol. The SMILES string of the molecule is CC(C)C1CCC(C(NN)C2CCCC2)CC1. The van der Waals surface area contributed by atoms with Crippen LogP contribution in [0.25, 0.3) is 0 Å². The Morgan fingerprint density at radius 2 is 1.29 bits per heavy atom. The van der Waals surface area contributed by atoms with E-state index >= 15 is 0 Å². The van der Waals surface area contributed by atoms with Gasteiger partial charge in [0.1, 0.15) is 0 Å². The highest BCUT2D eigenvalue weighted by Gasteiger charge is 2.33. The molecule has 0 heterocycles. The highest BCUT2D eigenvalue weighted by Crippen LogP contribution is 2.39. The molecule has 0 bridgehead atoms. The Morgan fingerprint density at radius 1 is 0.824 bits per heavy atom. The lowest BCUT2D eigenvalue weighted by Crippen LogP contribution is -2.46. The van der Waals surface area contributed by atoms with Crippen LogP contribution in [0.15, 0.2) is 0 Å². The maximum Gasteiger partial charge on any atom is 0.0266 e. The molecule has 2 rings (SSSR count). The summed E-state index contributed by atoms with van der Waals surface area (Å²) in [6.07, 6.45) is 11.3. The van der Waals surface area contributed by atoms with Gasteiger partial charge in [-0.15, -0.1) is 0 Å². The van der Waals surface area contributed by atoms with Crippen molar-refractivity contribution in [2.45, 2.75) is 71.3 Å². The number of rotatable bonds is 4. The molecule has 3 N–H and O–H groups in total. The molecule has 0 aromatic rings. The summed E-state index contributed by atoms with van der Waals surface area (Å²) in [5, 5.41) is 0. The second-order valence-electron chi connectivity index (χ2n) is 6.66. The highest BCUT2D eigenvalue weighted by molar-refractivity contribution is 4.87. The summed E-state index contributed by atoms with van der Waals surface area (Å²) in [7, 11) is 0. The van der Waals surface area contributed by atoms with Crippen molar-refractivity contribution >= 4 is 0 Å². The van der Waals surface area contributed by atoms with Crippen molar-refractivity contribution in [2.24, 2.45) is 29.5 Å². The van der Waals surface area contributed by atoms with E-state index < -0.39 is 0 Å². The fourth-order valence-corrected chi connectivity index (χ4v) is 4.14. The second kappa shape index (κ2) is 6.19. The van der Waals surface area contributed by atoms with Crippen LogP contribution in [0.2, 0.25) is 0 Å². The smallest absolute Gasteiger partial charge is 0.0266 e. The van der Waals surface area contributed by atoms with Gasteiger partial charge in [-0.05, 0) is 62.2 Å². The maximum absolute atomic E-state index is 5.83. The van der Waals surface area contributed by atoms with E-state index in [1.165, 1.54) is 51.4 Å². The maximum atomic E-state index is 5.83. The Balaban J connectivity index is 1.85. The quantitative estimate of drug-likeness (QED) is 0.581. The fourth-order valence-electron chi connectivity index (χ4n) is 4.14. The average Bonchev–Trinajstić information content (AvgIpc) is 2.84. The van der Waals surface area contributed by atoms with Crippen molar-refractivity contribution in [1.82, 2.24) is 5.43 Å². The normalized spacial score (nSPS) is 33.2. The van der Waals surface area contributed by atoms with Crippen molar-refractivity contribution in [3.63, 3.8) is 0 Å². The summed E-state index contributed by atoms with van der Waals surface area (Å²) >= 11 is 0. The molecule has 2 aliphatic rings. The van der Waals surface area contributed by atoms with Gasteiger partial charge in [0.05, 0.1) is 0 Å². The first-order valence-corrected chi connectivity index (χ1v) is 7.68. The van der Waals surface area contributed by atoms with Crippen molar-refractivity contribution in [3.8, 4) is 0 Å². The molecule has 1 unspecified atom stereocenters. The number of hydrogen-bond acceptors (Lipinski definition) is 2. The van der Waals surface area contributed by atoms with E-state index in [1.54, 1.807) is 0 Å². The minimum Gasteiger partial charge on any atom is -0.271 e. The van der Waals surface area contributed by atoms with Gasteiger partial charge in [0.25, 0.3) is 0 Å². The van der Waals surface area contributed by atoms with Gasteiger partial charge in [-0.2, -0.15) is 0 Å². The molecule has 2 nitrogen and oxygen atoms in total. The predicted octanol–water partition coefficient (Wildman–Crippen LogP) is 3.47. The van der Waals surface area contributed by atoms with E-state index in [-0.39, 0.29) is 0 Å². The van der Waals surface area contributed by atoms with E-state index in [0.29, 0.717) is 6.04 Å². The first-order chi connectivity index (χ1) is 8.22. The molecular formula is C15H30N2. The van der Waals surface area contributed by atoms with Crippen LogP contribution in [0, 0.1) is 23.7 Å². The number of hydrazine groups is 1. The zero-order valence-electron chi connectivity index (χ0n) is 11.6. The summed E-state index contributed by atoms with van der Waals surface area (Å²) < 4.78 is 0. The molecular weight excluding hydrogens is 208 g/mol. The number of hydrogen-bond donors (Lipinski definition) is 2. The Bertz CT molecular complexity index is 213. The molecule has 2 fully saturated rings. The van der Waals surface area contributed by atoms with Gasteiger partial charge in [-0.3, -0.25) is 11.3 Å². The van der Waals surface area contributed by atoms with Crippen molar-refractivity contribution < 1.29 is 0 Å². The lowest BCUT2D eigenvalue weighted by molar-refractivity contribution is 0.158. The third-order valence-electron chi connectivity index (χ3n) is 5.37. The van der Waals surface area contributed by atoms with E-state index in [9.17, 15) is 0 Å². The standard InChI is InChI=1S/C15H30N2/c1-11(2)12-7-9-14(10-8-12)15(17-16)13-5-3-4-6-13/h11-15,17H,3-10,16H2,1-2H3. The fraction of sp³-hybridized carbons (Fsp3) is 1.00. The Hall–Kier alpha value is -0.0800. The van der Waals surface area contributed by atoms with Gasteiger partial charge in [0, 0.05) is 6.04 Å². The summed E-state index contributed by atoms with van der Waals surface area (Å²) in [4.78, 5) is 0. The van der Waals surface area contributed by atoms with E-state index in [0.717, 1.165) is 23.7 Å². The third kappa shape index (κ3) is 3.23. The average molecular weight is 238 g/mol. The van der Waals surface area contributed by atoms with Crippen LogP contribution < -0.4 is 11.3 Å². The molecule has 2 heteroatoms. The third-order valence-corrected chi connectivity index (χ3v) is 5.37. The molecule has 0 spiro atoms. The zero-order chi connectivity index (χ0) is 12.3. The highest BCUT2D eigenvalue weighted by atomic mass is 15.2. The summed E-state index contributed by atoms with van der Waals surface area (Å²) in [5.74, 6) is 9.37. The van der Waals surface area contributed by atoms with Crippen LogP contribution in [0.3, 0.4) is 0 Å². The second-order valence-corrected chi connectivity index (χ2v) is 6.66. The van der Waals surface area contributed by atoms with Gasteiger partial charge in [-0.25, -0.2) is 0 Å². The largest absolute Gasteiger partial charge is 0.271 e. The molecule has 2 saturated carbocycles. The van der Waals surface area contributed by atoms with Crippen LogP contribution in [0.5, 0.6) is 0 Å². The number of nitrogens with two attached hydrogens (primary N) is 1. The lowest BCUT2D eigenvalue weighted by atomic mass is 9.72. The molecule has 0 aliphatic heterocycles. The molecule has 17 heavy (non-hydrogen) atoms.